The van der Waals surface area contributed by atoms with Crippen LogP contribution in [0, 0.1) is 0 Å². The van der Waals surface area contributed by atoms with E-state index in [0.717, 1.165) is 3.58 Å². The molecule has 0 aromatic carbocycles. The molecule has 5 heteroatoms. The monoisotopic (exact) mass is 317 g/mol. The van der Waals surface area contributed by atoms with E-state index in [9.17, 15) is 13.2 Å². The molecule has 80 valence electrons. The largest absolute Gasteiger partial charge is 0.389 e. The first kappa shape index (κ1) is 13.7. The van der Waals surface area contributed by atoms with Gasteiger partial charge in [0.1, 0.15) is 0 Å². The summed E-state index contributed by atoms with van der Waals surface area (Å²) in [6.45, 7) is 5.16. The Hall–Kier alpha value is -0.330. The SMILES string of the molecule is C=C(I)/C=C\N=C(C)CCC(F)(F)F. The Morgan fingerprint density at radius 2 is 2.07 bits per heavy atom. The summed E-state index contributed by atoms with van der Waals surface area (Å²) < 4.78 is 36.1. The van der Waals surface area contributed by atoms with Crippen LogP contribution in [0.15, 0.2) is 27.4 Å². The van der Waals surface area contributed by atoms with Gasteiger partial charge in [-0.05, 0) is 42.0 Å². The van der Waals surface area contributed by atoms with Crippen molar-refractivity contribution in [3.63, 3.8) is 0 Å². The van der Waals surface area contributed by atoms with Crippen molar-refractivity contribution >= 4 is 28.3 Å². The van der Waals surface area contributed by atoms with Crippen LogP contribution in [0.2, 0.25) is 0 Å². The maximum atomic E-state index is 11.8. The summed E-state index contributed by atoms with van der Waals surface area (Å²) in [5.41, 5.74) is 0.469. The number of allylic oxidation sites excluding steroid dienone is 2. The number of nitrogens with zero attached hydrogens (tertiary/aromatic N) is 1. The normalized spacial score (nSPS) is 13.6. The average molecular weight is 317 g/mol. The lowest BCUT2D eigenvalue weighted by Crippen LogP contribution is -2.09. The van der Waals surface area contributed by atoms with Gasteiger partial charge >= 0.3 is 6.18 Å². The number of hydrogen-bond donors (Lipinski definition) is 0. The molecule has 1 nitrogen and oxygen atoms in total. The Morgan fingerprint density at radius 3 is 2.50 bits per heavy atom. The maximum Gasteiger partial charge on any atom is 0.389 e. The fraction of sp³-hybridized carbons (Fsp3) is 0.444. The lowest BCUT2D eigenvalue weighted by atomic mass is 10.2. The molecule has 0 N–H and O–H groups in total. The molecule has 0 fully saturated rings. The second-order valence-corrected chi connectivity index (χ2v) is 4.13. The predicted molar refractivity (Wildman–Crippen MR) is 60.7 cm³/mol. The molecule has 0 radical (unpaired) electrons. The summed E-state index contributed by atoms with van der Waals surface area (Å²) in [4.78, 5) is 3.84. The predicted octanol–water partition coefficient (Wildman–Crippen LogP) is 4.25. The zero-order valence-corrected chi connectivity index (χ0v) is 9.89. The van der Waals surface area contributed by atoms with Gasteiger partial charge in [-0.1, -0.05) is 6.58 Å². The van der Waals surface area contributed by atoms with E-state index >= 15 is 0 Å². The Labute approximate surface area is 94.9 Å². The van der Waals surface area contributed by atoms with Gasteiger partial charge in [0, 0.05) is 21.9 Å². The summed E-state index contributed by atoms with van der Waals surface area (Å²) in [7, 11) is 0. The highest BCUT2D eigenvalue weighted by Crippen LogP contribution is 2.21. The quantitative estimate of drug-likeness (QED) is 0.417. The fourth-order valence-corrected chi connectivity index (χ4v) is 0.793. The minimum atomic E-state index is -4.10. The first-order chi connectivity index (χ1) is 6.31. The molecule has 0 amide bonds. The molecule has 0 aliphatic heterocycles. The number of rotatable bonds is 4. The van der Waals surface area contributed by atoms with Gasteiger partial charge in [0.05, 0.1) is 0 Å². The van der Waals surface area contributed by atoms with Gasteiger partial charge in [-0.25, -0.2) is 0 Å². The molecule has 0 heterocycles. The van der Waals surface area contributed by atoms with Gasteiger partial charge in [0.15, 0.2) is 0 Å². The summed E-state index contributed by atoms with van der Waals surface area (Å²) >= 11 is 1.99. The molecule has 0 saturated heterocycles. The molecule has 0 unspecified atom stereocenters. The first-order valence-electron chi connectivity index (χ1n) is 3.92. The van der Waals surface area contributed by atoms with Crippen LogP contribution in [0.1, 0.15) is 19.8 Å². The zero-order chi connectivity index (χ0) is 11.2. The molecule has 0 bridgehead atoms. The number of hydrogen-bond acceptors (Lipinski definition) is 1. The van der Waals surface area contributed by atoms with Crippen molar-refractivity contribution in [2.75, 3.05) is 0 Å². The summed E-state index contributed by atoms with van der Waals surface area (Å²) in [6, 6.07) is 0. The van der Waals surface area contributed by atoms with E-state index in [-0.39, 0.29) is 6.42 Å². The highest BCUT2D eigenvalue weighted by Gasteiger charge is 2.26. The third-order valence-electron chi connectivity index (χ3n) is 1.32. The van der Waals surface area contributed by atoms with Crippen LogP contribution in [0.25, 0.3) is 0 Å². The zero-order valence-electron chi connectivity index (χ0n) is 7.74. The molecule has 0 aliphatic carbocycles. The fourth-order valence-electron chi connectivity index (χ4n) is 0.633. The Morgan fingerprint density at radius 1 is 1.50 bits per heavy atom. The Balaban J connectivity index is 3.96. The Bertz CT molecular complexity index is 253. The summed E-state index contributed by atoms with van der Waals surface area (Å²) in [5, 5.41) is 0. The van der Waals surface area contributed by atoms with Crippen LogP contribution in [0.3, 0.4) is 0 Å². The van der Waals surface area contributed by atoms with Gasteiger partial charge in [0.25, 0.3) is 0 Å². The van der Waals surface area contributed by atoms with Gasteiger partial charge < -0.3 is 0 Å². The van der Waals surface area contributed by atoms with Gasteiger partial charge in [-0.2, -0.15) is 13.2 Å². The van der Waals surface area contributed by atoms with E-state index in [1.54, 1.807) is 13.0 Å². The molecule has 0 spiro atoms. The molecule has 0 aromatic rings. The van der Waals surface area contributed by atoms with Gasteiger partial charge in [0.2, 0.25) is 0 Å². The van der Waals surface area contributed by atoms with Crippen LogP contribution < -0.4 is 0 Å². The van der Waals surface area contributed by atoms with Crippen molar-refractivity contribution in [3.8, 4) is 0 Å². The van der Waals surface area contributed by atoms with Gasteiger partial charge in [-0.15, -0.1) is 0 Å². The average Bonchev–Trinajstić information content (AvgIpc) is 1.99. The van der Waals surface area contributed by atoms with Crippen LogP contribution in [-0.4, -0.2) is 11.9 Å². The second-order valence-electron chi connectivity index (χ2n) is 2.74. The van der Waals surface area contributed by atoms with Gasteiger partial charge in [-0.3, -0.25) is 4.99 Å². The molecule has 0 aromatic heterocycles. The van der Waals surface area contributed by atoms with E-state index in [4.69, 9.17) is 0 Å². The number of halogens is 4. The molecule has 0 rings (SSSR count). The molecule has 14 heavy (non-hydrogen) atoms. The standard InChI is InChI=1S/C9H11F3IN/c1-7(13)4-6-14-8(2)3-5-9(10,11)12/h4,6H,1,3,5H2,2H3/b6-4-,14-8?. The molecule has 0 atom stereocenters. The smallest absolute Gasteiger partial charge is 0.266 e. The molecule has 0 aliphatic rings. The summed E-state index contributed by atoms with van der Waals surface area (Å²) in [5.74, 6) is 0. The van der Waals surface area contributed by atoms with E-state index in [2.05, 4.69) is 11.6 Å². The first-order valence-corrected chi connectivity index (χ1v) is 5.00. The van der Waals surface area contributed by atoms with E-state index in [1.165, 1.54) is 6.20 Å². The highest BCUT2D eigenvalue weighted by atomic mass is 127. The lowest BCUT2D eigenvalue weighted by Gasteiger charge is -2.04. The third kappa shape index (κ3) is 9.76. The van der Waals surface area contributed by atoms with Crippen LogP contribution in [0.5, 0.6) is 0 Å². The third-order valence-corrected chi connectivity index (χ3v) is 1.68. The number of alkyl halides is 3. The van der Waals surface area contributed by atoms with Crippen molar-refractivity contribution in [1.29, 1.82) is 0 Å². The molecular formula is C9H11F3IN. The summed E-state index contributed by atoms with van der Waals surface area (Å²) in [6.07, 6.45) is -1.88. The number of aliphatic imine (C=N–C) groups is 1. The highest BCUT2D eigenvalue weighted by molar-refractivity contribution is 14.1. The maximum absolute atomic E-state index is 11.8. The van der Waals surface area contributed by atoms with Crippen molar-refractivity contribution in [2.24, 2.45) is 4.99 Å². The van der Waals surface area contributed by atoms with Crippen molar-refractivity contribution in [3.05, 3.63) is 22.4 Å². The van der Waals surface area contributed by atoms with Crippen molar-refractivity contribution in [1.82, 2.24) is 0 Å². The van der Waals surface area contributed by atoms with Crippen molar-refractivity contribution < 1.29 is 13.2 Å². The Kier molecular flexibility index (Phi) is 6.06. The van der Waals surface area contributed by atoms with Crippen LogP contribution in [-0.2, 0) is 0 Å². The second kappa shape index (κ2) is 6.21. The van der Waals surface area contributed by atoms with Crippen molar-refractivity contribution in [2.45, 2.75) is 25.9 Å². The van der Waals surface area contributed by atoms with E-state index < -0.39 is 12.6 Å². The minimum absolute atomic E-state index is 0.0540. The van der Waals surface area contributed by atoms with E-state index in [0.29, 0.717) is 5.71 Å². The molecular weight excluding hydrogens is 306 g/mol. The van der Waals surface area contributed by atoms with E-state index in [1.807, 2.05) is 22.6 Å². The topological polar surface area (TPSA) is 12.4 Å². The lowest BCUT2D eigenvalue weighted by molar-refractivity contribution is -0.132. The van der Waals surface area contributed by atoms with Crippen LogP contribution in [0.4, 0.5) is 13.2 Å². The van der Waals surface area contributed by atoms with Crippen LogP contribution >= 0.6 is 22.6 Å². The molecule has 0 saturated carbocycles. The minimum Gasteiger partial charge on any atom is -0.266 e.